The van der Waals surface area contributed by atoms with Gasteiger partial charge in [0.2, 0.25) is 5.88 Å². The van der Waals surface area contributed by atoms with Crippen molar-refractivity contribution in [1.29, 1.82) is 0 Å². The second-order valence-corrected chi connectivity index (χ2v) is 11.6. The number of ether oxygens (including phenoxy) is 2. The molecule has 4 heterocycles. The second kappa shape index (κ2) is 11.3. The number of halogens is 4. The van der Waals surface area contributed by atoms with Gasteiger partial charge in [0.25, 0.3) is 0 Å². The van der Waals surface area contributed by atoms with E-state index in [2.05, 4.69) is 4.98 Å². The first-order valence-corrected chi connectivity index (χ1v) is 14.5. The molecule has 11 heteroatoms. The fraction of sp³-hybridized carbons (Fsp3) is 0.242. The highest BCUT2D eigenvalue weighted by Gasteiger charge is 2.43. The molecule has 3 aliphatic rings. The first-order chi connectivity index (χ1) is 21.2. The Bertz CT molecular complexity index is 1920. The van der Waals surface area contributed by atoms with Gasteiger partial charge in [-0.25, -0.2) is 27.9 Å². The topological polar surface area (TPSA) is 86.5 Å². The molecule has 1 N–H and O–H groups in total. The van der Waals surface area contributed by atoms with Crippen molar-refractivity contribution >= 4 is 28.6 Å². The molecule has 2 saturated heterocycles. The lowest BCUT2D eigenvalue weighted by atomic mass is 9.74. The van der Waals surface area contributed by atoms with E-state index < -0.39 is 23.4 Å². The van der Waals surface area contributed by atoms with E-state index in [0.29, 0.717) is 29.4 Å². The summed E-state index contributed by atoms with van der Waals surface area (Å²) < 4.78 is 58.8. The summed E-state index contributed by atoms with van der Waals surface area (Å²) in [7, 11) is 0. The van der Waals surface area contributed by atoms with Crippen molar-refractivity contribution in [2.75, 3.05) is 6.61 Å². The van der Waals surface area contributed by atoms with Gasteiger partial charge in [0.05, 0.1) is 41.0 Å². The highest BCUT2D eigenvalue weighted by Crippen LogP contribution is 2.45. The second-order valence-electron chi connectivity index (χ2n) is 11.1. The van der Waals surface area contributed by atoms with Crippen LogP contribution in [0.4, 0.5) is 13.2 Å². The largest absolute Gasteiger partial charge is 0.478 e. The highest BCUT2D eigenvalue weighted by atomic mass is 35.5. The number of hydrogen-bond donors (Lipinski definition) is 1. The minimum atomic E-state index is -1.06. The number of rotatable bonds is 8. The molecule has 1 atom stereocenters. The van der Waals surface area contributed by atoms with Gasteiger partial charge in [-0.15, -0.1) is 0 Å². The molecule has 0 amide bonds. The number of imidazole rings is 1. The van der Waals surface area contributed by atoms with Crippen molar-refractivity contribution in [2.24, 2.45) is 5.92 Å². The number of benzene rings is 3. The molecule has 0 unspecified atom stereocenters. The molecule has 3 fully saturated rings. The average molecular weight is 620 g/mol. The van der Waals surface area contributed by atoms with E-state index in [1.807, 2.05) is 4.57 Å². The Kier molecular flexibility index (Phi) is 7.26. The van der Waals surface area contributed by atoms with Gasteiger partial charge in [-0.1, -0.05) is 23.7 Å². The Morgan fingerprint density at radius 1 is 0.977 bits per heavy atom. The third-order valence-corrected chi connectivity index (χ3v) is 8.63. The molecule has 8 rings (SSSR count). The third kappa shape index (κ3) is 5.28. The molecule has 2 aromatic heterocycles. The zero-order valence-electron chi connectivity index (χ0n) is 23.1. The van der Waals surface area contributed by atoms with E-state index >= 15 is 8.78 Å². The lowest BCUT2D eigenvalue weighted by molar-refractivity contribution is -0.121. The summed E-state index contributed by atoms with van der Waals surface area (Å²) >= 11 is 5.80. The molecule has 3 aromatic carbocycles. The van der Waals surface area contributed by atoms with Gasteiger partial charge in [0, 0.05) is 28.6 Å². The van der Waals surface area contributed by atoms with Crippen molar-refractivity contribution in [2.45, 2.75) is 38.0 Å². The number of aromatic carboxylic acids is 1. The molecule has 44 heavy (non-hydrogen) atoms. The Morgan fingerprint density at radius 2 is 1.80 bits per heavy atom. The zero-order valence-corrected chi connectivity index (χ0v) is 23.9. The number of carboxylic acids is 1. The molecule has 7 nitrogen and oxygen atoms in total. The van der Waals surface area contributed by atoms with Crippen LogP contribution in [0.15, 0.2) is 66.7 Å². The van der Waals surface area contributed by atoms with Crippen LogP contribution in [0.5, 0.6) is 5.88 Å². The highest BCUT2D eigenvalue weighted by molar-refractivity contribution is 6.30. The quantitative estimate of drug-likeness (QED) is 0.195. The number of carboxylic acid groups (broad SMARTS) is 1. The molecule has 2 bridgehead atoms. The molecule has 2 aliphatic heterocycles. The van der Waals surface area contributed by atoms with Crippen LogP contribution in [0.25, 0.3) is 22.3 Å². The van der Waals surface area contributed by atoms with Crippen LogP contribution >= 0.6 is 11.6 Å². The maximum atomic E-state index is 15.6. The summed E-state index contributed by atoms with van der Waals surface area (Å²) in [4.78, 5) is 20.7. The van der Waals surface area contributed by atoms with Gasteiger partial charge in [-0.05, 0) is 72.9 Å². The maximum absolute atomic E-state index is 15.6. The van der Waals surface area contributed by atoms with Gasteiger partial charge >= 0.3 is 5.97 Å². The van der Waals surface area contributed by atoms with Crippen molar-refractivity contribution in [3.8, 4) is 17.1 Å². The van der Waals surface area contributed by atoms with Gasteiger partial charge in [-0.3, -0.25) is 0 Å². The lowest BCUT2D eigenvalue weighted by Gasteiger charge is -2.47. The van der Waals surface area contributed by atoms with Crippen LogP contribution < -0.4 is 4.74 Å². The molecule has 0 radical (unpaired) electrons. The first kappa shape index (κ1) is 28.4. The molecular formula is C33H25ClF3N3O4. The Morgan fingerprint density at radius 3 is 2.55 bits per heavy atom. The number of aromatic nitrogens is 3. The smallest absolute Gasteiger partial charge is 0.335 e. The van der Waals surface area contributed by atoms with Gasteiger partial charge < -0.3 is 19.1 Å². The maximum Gasteiger partial charge on any atom is 0.335 e. The summed E-state index contributed by atoms with van der Waals surface area (Å²) in [5.41, 5.74) is 1.76. The number of pyridine rings is 1. The first-order valence-electron chi connectivity index (χ1n) is 14.1. The zero-order chi connectivity index (χ0) is 30.5. The standard InChI is InChI=1S/C33H25ClF3N3O4/c34-21-6-4-18(24(35)13-21)15-44-32-3-1-2-27(39-32)23-14-25(36)19(10-26(23)37)12-31-38-28-7-5-17(33(41)42)11-29(28)40(31)30-16-43-22-8-20(30)9-22/h1-7,10-11,13-14,20,22,30H,8-9,12,15-16H2,(H,41,42)/t20?,22?,30-/m0/s1. The molecule has 1 aliphatic carbocycles. The number of hydrogen-bond acceptors (Lipinski definition) is 5. The lowest BCUT2D eigenvalue weighted by Crippen LogP contribution is -2.46. The summed E-state index contributed by atoms with van der Waals surface area (Å²) in [5.74, 6) is -1.98. The molecular weight excluding hydrogens is 595 g/mol. The number of nitrogens with zero attached hydrogens (tertiary/aromatic N) is 3. The van der Waals surface area contributed by atoms with Gasteiger partial charge in [0.15, 0.2) is 0 Å². The summed E-state index contributed by atoms with van der Waals surface area (Å²) in [5, 5.41) is 9.84. The van der Waals surface area contributed by atoms with E-state index in [0.717, 1.165) is 25.0 Å². The van der Waals surface area contributed by atoms with E-state index in [-0.39, 0.29) is 64.0 Å². The average Bonchev–Trinajstić information content (AvgIpc) is 3.35. The molecule has 224 valence electrons. The van der Waals surface area contributed by atoms with E-state index in [1.54, 1.807) is 30.3 Å². The monoisotopic (exact) mass is 619 g/mol. The normalized spacial score (nSPS) is 19.1. The Balaban J connectivity index is 1.18. The van der Waals surface area contributed by atoms with Crippen LogP contribution in [0.3, 0.4) is 0 Å². The molecule has 1 saturated carbocycles. The van der Waals surface area contributed by atoms with Crippen LogP contribution in [-0.2, 0) is 17.8 Å². The van der Waals surface area contributed by atoms with Gasteiger partial charge in [-0.2, -0.15) is 0 Å². The van der Waals surface area contributed by atoms with E-state index in [4.69, 9.17) is 26.1 Å². The molecule has 5 aromatic rings. The predicted octanol–water partition coefficient (Wildman–Crippen LogP) is 7.39. The van der Waals surface area contributed by atoms with E-state index in [9.17, 15) is 14.3 Å². The number of carbonyl (C=O) groups is 1. The van der Waals surface area contributed by atoms with Crippen molar-refractivity contribution in [3.63, 3.8) is 0 Å². The van der Waals surface area contributed by atoms with E-state index in [1.165, 1.54) is 24.3 Å². The minimum Gasteiger partial charge on any atom is -0.478 e. The van der Waals surface area contributed by atoms with Crippen LogP contribution in [-0.4, -0.2) is 38.3 Å². The fourth-order valence-corrected chi connectivity index (χ4v) is 6.17. The molecule has 0 spiro atoms. The minimum absolute atomic E-state index is 0.0179. The van der Waals surface area contributed by atoms with Crippen LogP contribution in [0.2, 0.25) is 5.02 Å². The Hall–Kier alpha value is -4.41. The van der Waals surface area contributed by atoms with Crippen molar-refractivity contribution in [1.82, 2.24) is 14.5 Å². The van der Waals surface area contributed by atoms with Crippen molar-refractivity contribution in [3.05, 3.63) is 112 Å². The summed E-state index contributed by atoms with van der Waals surface area (Å²) in [6, 6.07) is 15.7. The van der Waals surface area contributed by atoms with Gasteiger partial charge in [0.1, 0.15) is 29.9 Å². The SMILES string of the molecule is O=C(O)c1ccc2nc(Cc3cc(F)c(-c4cccc(OCc5ccc(Cl)cc5F)n4)cc3F)n([C@H]3COC4CC3C4)c2c1. The van der Waals surface area contributed by atoms with Crippen LogP contribution in [0, 0.1) is 23.4 Å². The summed E-state index contributed by atoms with van der Waals surface area (Å²) in [6.07, 6.45) is 2.00. The Labute approximate surface area is 254 Å². The van der Waals surface area contributed by atoms with Crippen molar-refractivity contribution < 1.29 is 32.5 Å². The number of fused-ring (bicyclic) bond motifs is 3. The van der Waals surface area contributed by atoms with Crippen LogP contribution in [0.1, 0.15) is 46.2 Å². The summed E-state index contributed by atoms with van der Waals surface area (Å²) in [6.45, 7) is 0.313. The third-order valence-electron chi connectivity index (χ3n) is 8.39. The predicted molar refractivity (Wildman–Crippen MR) is 156 cm³/mol. The fourth-order valence-electron chi connectivity index (χ4n) is 6.01.